The van der Waals surface area contributed by atoms with Crippen LogP contribution in [0.25, 0.3) is 49.0 Å². The Morgan fingerprint density at radius 1 is 0.283 bits per heavy atom. The van der Waals surface area contributed by atoms with Crippen LogP contribution < -0.4 is 9.80 Å². The van der Waals surface area contributed by atoms with E-state index < -0.39 is 0 Å². The molecule has 0 saturated carbocycles. The molecule has 0 amide bonds. The Hall–Kier alpha value is -7.10. The third kappa shape index (κ3) is 5.30. The highest BCUT2D eigenvalue weighted by molar-refractivity contribution is 6.10. The maximum absolute atomic E-state index is 2.43. The van der Waals surface area contributed by atoms with Gasteiger partial charge < -0.3 is 14.4 Å². The van der Waals surface area contributed by atoms with Gasteiger partial charge in [-0.1, -0.05) is 146 Å². The summed E-state index contributed by atoms with van der Waals surface area (Å²) in [5, 5.41) is 7.25. The number of hydrogen-bond donors (Lipinski definition) is 0. The zero-order valence-corrected chi connectivity index (χ0v) is 29.0. The van der Waals surface area contributed by atoms with Crippen molar-refractivity contribution >= 4 is 77.5 Å². The summed E-state index contributed by atoms with van der Waals surface area (Å²) in [4.78, 5) is 4.82. The van der Waals surface area contributed by atoms with Gasteiger partial charge in [-0.25, -0.2) is 0 Å². The minimum absolute atomic E-state index is 1.06. The van der Waals surface area contributed by atoms with E-state index in [0.717, 1.165) is 39.8 Å². The molecule has 0 radical (unpaired) electrons. The molecule has 0 fully saturated rings. The summed E-state index contributed by atoms with van der Waals surface area (Å²) in [6, 6.07) is 76.5. The molecular weight excluding hydrogens is 643 g/mol. The van der Waals surface area contributed by atoms with Crippen LogP contribution >= 0.6 is 0 Å². The summed E-state index contributed by atoms with van der Waals surface area (Å²) >= 11 is 0. The molecule has 0 N–H and O–H groups in total. The van der Waals surface area contributed by atoms with Gasteiger partial charge in [0.2, 0.25) is 0 Å². The van der Waals surface area contributed by atoms with Crippen LogP contribution in [0.3, 0.4) is 0 Å². The summed E-state index contributed by atoms with van der Waals surface area (Å²) < 4.78 is 2.43. The van der Waals surface area contributed by atoms with Gasteiger partial charge in [-0.3, -0.25) is 0 Å². The molecular formula is C50H35N3. The number of benzene rings is 9. The Bertz CT molecular complexity index is 2700. The molecule has 0 bridgehead atoms. The number of fused-ring (bicyclic) bond motifs is 5. The van der Waals surface area contributed by atoms with Crippen molar-refractivity contribution in [2.45, 2.75) is 0 Å². The Morgan fingerprint density at radius 3 is 1.13 bits per heavy atom. The van der Waals surface area contributed by atoms with Gasteiger partial charge in [-0.2, -0.15) is 0 Å². The van der Waals surface area contributed by atoms with E-state index in [1.807, 2.05) is 0 Å². The van der Waals surface area contributed by atoms with Crippen LogP contribution in [0, 0.1) is 0 Å². The highest BCUT2D eigenvalue weighted by Crippen LogP contribution is 2.46. The molecule has 0 aliphatic heterocycles. The molecule has 0 saturated heterocycles. The lowest BCUT2D eigenvalue weighted by atomic mass is 10.0. The van der Waals surface area contributed by atoms with Crippen LogP contribution in [0.5, 0.6) is 0 Å². The van der Waals surface area contributed by atoms with Gasteiger partial charge in [0.25, 0.3) is 0 Å². The minimum Gasteiger partial charge on any atom is -0.310 e. The second-order valence-electron chi connectivity index (χ2n) is 13.4. The van der Waals surface area contributed by atoms with E-state index >= 15 is 0 Å². The maximum Gasteiger partial charge on any atom is 0.0541 e. The average Bonchev–Trinajstić information content (AvgIpc) is 3.57. The quantitative estimate of drug-likeness (QED) is 0.166. The van der Waals surface area contributed by atoms with E-state index in [0.29, 0.717) is 0 Å². The summed E-state index contributed by atoms with van der Waals surface area (Å²) in [6.45, 7) is 0. The number of hydrogen-bond acceptors (Lipinski definition) is 2. The van der Waals surface area contributed by atoms with E-state index in [1.165, 1.54) is 43.4 Å². The SMILES string of the molecule is c1ccc(N(c2cc(N(c3ccccc3)c3cccc4ccccc34)cc(-n3c4ccccc4c4ccccc43)c2)c2cccc3ccccc23)cc1. The van der Waals surface area contributed by atoms with Crippen molar-refractivity contribution in [3.05, 3.63) is 212 Å². The summed E-state index contributed by atoms with van der Waals surface area (Å²) in [7, 11) is 0. The first kappa shape index (κ1) is 30.7. The normalized spacial score (nSPS) is 11.4. The lowest BCUT2D eigenvalue weighted by Crippen LogP contribution is -2.15. The van der Waals surface area contributed by atoms with Crippen LogP contribution in [-0.2, 0) is 0 Å². The predicted octanol–water partition coefficient (Wildman–Crippen LogP) is 14.0. The molecule has 9 aromatic carbocycles. The predicted molar refractivity (Wildman–Crippen MR) is 225 cm³/mol. The van der Waals surface area contributed by atoms with Gasteiger partial charge >= 0.3 is 0 Å². The fourth-order valence-electron chi connectivity index (χ4n) is 7.98. The Morgan fingerprint density at radius 2 is 0.660 bits per heavy atom. The van der Waals surface area contributed by atoms with Gasteiger partial charge in [0.1, 0.15) is 0 Å². The van der Waals surface area contributed by atoms with Gasteiger partial charge in [0.15, 0.2) is 0 Å². The lowest BCUT2D eigenvalue weighted by Gasteiger charge is -2.31. The zero-order valence-electron chi connectivity index (χ0n) is 29.0. The maximum atomic E-state index is 2.43. The second kappa shape index (κ2) is 12.9. The molecule has 3 nitrogen and oxygen atoms in total. The third-order valence-electron chi connectivity index (χ3n) is 10.3. The number of rotatable bonds is 7. The molecule has 10 rings (SSSR count). The Kier molecular flexibility index (Phi) is 7.47. The highest BCUT2D eigenvalue weighted by Gasteiger charge is 2.22. The number of anilines is 6. The smallest absolute Gasteiger partial charge is 0.0541 e. The van der Waals surface area contributed by atoms with E-state index in [2.05, 4.69) is 227 Å². The average molecular weight is 678 g/mol. The van der Waals surface area contributed by atoms with Crippen LogP contribution in [0.2, 0.25) is 0 Å². The second-order valence-corrected chi connectivity index (χ2v) is 13.4. The van der Waals surface area contributed by atoms with E-state index in [9.17, 15) is 0 Å². The largest absolute Gasteiger partial charge is 0.310 e. The third-order valence-corrected chi connectivity index (χ3v) is 10.3. The molecule has 0 atom stereocenters. The molecule has 0 aliphatic carbocycles. The number of aromatic nitrogens is 1. The van der Waals surface area contributed by atoms with Crippen molar-refractivity contribution in [3.8, 4) is 5.69 Å². The standard InChI is InChI=1S/C50H35N3/c1-3-21-38(22-4-1)51(47-31-15-19-36-17-7-9-25-43(36)47)40-33-41(35-42(34-40)53-49-29-13-11-27-45(49)46-28-12-14-30-50(46)53)52(39-23-5-2-6-24-39)48-32-16-20-37-18-8-10-26-44(37)48/h1-35H. The van der Waals surface area contributed by atoms with E-state index in [1.54, 1.807) is 0 Å². The van der Waals surface area contributed by atoms with Gasteiger partial charge in [0.05, 0.1) is 39.5 Å². The fourth-order valence-corrected chi connectivity index (χ4v) is 7.98. The first-order valence-corrected chi connectivity index (χ1v) is 18.1. The van der Waals surface area contributed by atoms with Crippen LogP contribution in [0.1, 0.15) is 0 Å². The monoisotopic (exact) mass is 677 g/mol. The number of para-hydroxylation sites is 4. The van der Waals surface area contributed by atoms with Crippen molar-refractivity contribution in [2.24, 2.45) is 0 Å². The topological polar surface area (TPSA) is 11.4 Å². The van der Waals surface area contributed by atoms with E-state index in [-0.39, 0.29) is 0 Å². The van der Waals surface area contributed by atoms with Crippen molar-refractivity contribution < 1.29 is 0 Å². The first-order valence-electron chi connectivity index (χ1n) is 18.1. The molecule has 53 heavy (non-hydrogen) atoms. The van der Waals surface area contributed by atoms with Crippen LogP contribution in [-0.4, -0.2) is 4.57 Å². The number of nitrogens with zero attached hydrogens (tertiary/aromatic N) is 3. The molecule has 0 unspecified atom stereocenters. The van der Waals surface area contributed by atoms with Gasteiger partial charge in [-0.15, -0.1) is 0 Å². The summed E-state index contributed by atoms with van der Waals surface area (Å²) in [6.07, 6.45) is 0. The van der Waals surface area contributed by atoms with Crippen LogP contribution in [0.4, 0.5) is 34.1 Å². The molecule has 1 aromatic heterocycles. The Balaban J connectivity index is 1.33. The summed E-state index contributed by atoms with van der Waals surface area (Å²) in [5.41, 5.74) is 9.96. The van der Waals surface area contributed by atoms with Crippen molar-refractivity contribution in [3.63, 3.8) is 0 Å². The molecule has 3 heteroatoms. The highest BCUT2D eigenvalue weighted by atomic mass is 15.2. The first-order chi connectivity index (χ1) is 26.3. The molecule has 0 spiro atoms. The van der Waals surface area contributed by atoms with Gasteiger partial charge in [0, 0.05) is 32.9 Å². The molecule has 10 aromatic rings. The lowest BCUT2D eigenvalue weighted by molar-refractivity contribution is 1.16. The van der Waals surface area contributed by atoms with Crippen molar-refractivity contribution in [1.82, 2.24) is 4.57 Å². The molecule has 1 heterocycles. The van der Waals surface area contributed by atoms with E-state index in [4.69, 9.17) is 0 Å². The minimum atomic E-state index is 1.06. The van der Waals surface area contributed by atoms with Crippen molar-refractivity contribution in [1.29, 1.82) is 0 Å². The fraction of sp³-hybridized carbons (Fsp3) is 0. The molecule has 250 valence electrons. The van der Waals surface area contributed by atoms with Gasteiger partial charge in [-0.05, 0) is 77.5 Å². The molecule has 0 aliphatic rings. The van der Waals surface area contributed by atoms with Crippen molar-refractivity contribution in [2.75, 3.05) is 9.80 Å². The van der Waals surface area contributed by atoms with Crippen LogP contribution in [0.15, 0.2) is 212 Å². The summed E-state index contributed by atoms with van der Waals surface area (Å²) in [5.74, 6) is 0. The zero-order chi connectivity index (χ0) is 35.1. The Labute approximate surface area is 308 Å².